The zero-order valence-corrected chi connectivity index (χ0v) is 14.5. The Morgan fingerprint density at radius 3 is 2.17 bits per heavy atom. The number of amides is 1. The van der Waals surface area contributed by atoms with Gasteiger partial charge in [0.2, 0.25) is 5.91 Å². The summed E-state index contributed by atoms with van der Waals surface area (Å²) in [5.74, 6) is 4.72. The first-order chi connectivity index (χ1) is 11.6. The molecule has 0 radical (unpaired) electrons. The lowest BCUT2D eigenvalue weighted by Crippen LogP contribution is -2.58. The largest absolute Gasteiger partial charge is 0.360 e. The summed E-state index contributed by atoms with van der Waals surface area (Å²) in [6.45, 7) is 5.30. The molecule has 5 aliphatic rings. The van der Waals surface area contributed by atoms with Crippen LogP contribution in [0.25, 0.3) is 0 Å². The fourth-order valence-electron chi connectivity index (χ4n) is 6.35. The van der Waals surface area contributed by atoms with Crippen LogP contribution in [0.2, 0.25) is 0 Å². The zero-order valence-electron chi connectivity index (χ0n) is 14.5. The normalized spacial score (nSPS) is 38.0. The lowest BCUT2D eigenvalue weighted by atomic mass is 9.49. The molecule has 0 spiro atoms. The monoisotopic (exact) mass is 329 g/mol. The Hall–Kier alpha value is -1.52. The van der Waals surface area contributed by atoms with Crippen LogP contribution in [0.15, 0.2) is 10.6 Å². The van der Waals surface area contributed by atoms with Crippen molar-refractivity contribution in [3.63, 3.8) is 0 Å². The van der Waals surface area contributed by atoms with Gasteiger partial charge in [-0.2, -0.15) is 0 Å². The molecular formula is C19H27N3O2. The van der Waals surface area contributed by atoms with Gasteiger partial charge in [0.1, 0.15) is 5.76 Å². The van der Waals surface area contributed by atoms with Crippen LogP contribution in [-0.4, -0.2) is 42.1 Å². The first kappa shape index (κ1) is 14.8. The number of aromatic nitrogens is 1. The summed E-state index contributed by atoms with van der Waals surface area (Å²) in [7, 11) is 0. The van der Waals surface area contributed by atoms with Crippen molar-refractivity contribution in [1.29, 1.82) is 0 Å². The number of piperazine rings is 1. The second-order valence-corrected chi connectivity index (χ2v) is 8.77. The van der Waals surface area contributed by atoms with Gasteiger partial charge in [-0.25, -0.2) is 0 Å². The van der Waals surface area contributed by atoms with Crippen molar-refractivity contribution in [2.75, 3.05) is 31.1 Å². The molecule has 0 atom stereocenters. The van der Waals surface area contributed by atoms with Gasteiger partial charge in [0.15, 0.2) is 5.82 Å². The highest BCUT2D eigenvalue weighted by atomic mass is 16.5. The van der Waals surface area contributed by atoms with Crippen molar-refractivity contribution in [3.05, 3.63) is 11.8 Å². The highest BCUT2D eigenvalue weighted by Crippen LogP contribution is 2.60. The van der Waals surface area contributed by atoms with Crippen LogP contribution in [0.3, 0.4) is 0 Å². The van der Waals surface area contributed by atoms with E-state index in [1.165, 1.54) is 38.5 Å². The van der Waals surface area contributed by atoms with Gasteiger partial charge in [0.05, 0.1) is 5.41 Å². The molecule has 1 saturated heterocycles. The van der Waals surface area contributed by atoms with Crippen molar-refractivity contribution in [2.24, 2.45) is 23.2 Å². The summed E-state index contributed by atoms with van der Waals surface area (Å²) in [5.41, 5.74) is 0.00139. The summed E-state index contributed by atoms with van der Waals surface area (Å²) in [6.07, 6.45) is 7.69. The first-order valence-corrected chi connectivity index (χ1v) is 9.59. The molecule has 4 bridgehead atoms. The minimum Gasteiger partial charge on any atom is -0.360 e. The van der Waals surface area contributed by atoms with E-state index in [0.29, 0.717) is 5.91 Å². The highest BCUT2D eigenvalue weighted by Gasteiger charge is 2.55. The van der Waals surface area contributed by atoms with Gasteiger partial charge in [-0.1, -0.05) is 5.16 Å². The maximum atomic E-state index is 13.4. The summed E-state index contributed by atoms with van der Waals surface area (Å²) >= 11 is 0. The van der Waals surface area contributed by atoms with E-state index in [2.05, 4.69) is 15.0 Å². The number of aryl methyl sites for hydroxylation is 1. The van der Waals surface area contributed by atoms with Crippen LogP contribution in [0.4, 0.5) is 5.82 Å². The van der Waals surface area contributed by atoms with Gasteiger partial charge < -0.3 is 14.3 Å². The van der Waals surface area contributed by atoms with Gasteiger partial charge in [-0.05, 0) is 63.2 Å². The molecule has 130 valence electrons. The van der Waals surface area contributed by atoms with E-state index in [1.54, 1.807) is 0 Å². The lowest BCUT2D eigenvalue weighted by Gasteiger charge is -2.57. The second-order valence-electron chi connectivity index (χ2n) is 8.77. The van der Waals surface area contributed by atoms with Crippen molar-refractivity contribution >= 4 is 11.7 Å². The topological polar surface area (TPSA) is 49.6 Å². The van der Waals surface area contributed by atoms with Gasteiger partial charge in [0.25, 0.3) is 0 Å². The Balaban J connectivity index is 1.27. The molecule has 4 saturated carbocycles. The quantitative estimate of drug-likeness (QED) is 0.837. The van der Waals surface area contributed by atoms with Crippen LogP contribution >= 0.6 is 0 Å². The van der Waals surface area contributed by atoms with E-state index in [-0.39, 0.29) is 5.41 Å². The Kier molecular flexibility index (Phi) is 3.23. The summed E-state index contributed by atoms with van der Waals surface area (Å²) < 4.78 is 5.18. The predicted molar refractivity (Wildman–Crippen MR) is 90.6 cm³/mol. The number of rotatable bonds is 2. The molecule has 0 aromatic carbocycles. The number of carbonyl (C=O) groups is 1. The Labute approximate surface area is 143 Å². The van der Waals surface area contributed by atoms with Crippen LogP contribution in [0.5, 0.6) is 0 Å². The van der Waals surface area contributed by atoms with E-state index in [0.717, 1.165) is 55.5 Å². The molecule has 4 aliphatic carbocycles. The molecule has 24 heavy (non-hydrogen) atoms. The van der Waals surface area contributed by atoms with Crippen molar-refractivity contribution in [2.45, 2.75) is 45.4 Å². The minimum absolute atomic E-state index is 0.00139. The van der Waals surface area contributed by atoms with E-state index < -0.39 is 0 Å². The van der Waals surface area contributed by atoms with E-state index >= 15 is 0 Å². The van der Waals surface area contributed by atoms with Crippen LogP contribution in [0, 0.1) is 30.1 Å². The summed E-state index contributed by atoms with van der Waals surface area (Å²) in [5, 5.41) is 4.11. The molecular weight excluding hydrogens is 302 g/mol. The third-order valence-corrected chi connectivity index (χ3v) is 7.00. The van der Waals surface area contributed by atoms with Crippen molar-refractivity contribution in [1.82, 2.24) is 10.1 Å². The lowest BCUT2D eigenvalue weighted by molar-refractivity contribution is -0.158. The first-order valence-electron chi connectivity index (χ1n) is 9.59. The average Bonchev–Trinajstić information content (AvgIpc) is 3.00. The molecule has 1 amide bonds. The number of anilines is 1. The molecule has 5 nitrogen and oxygen atoms in total. The maximum absolute atomic E-state index is 13.4. The smallest absolute Gasteiger partial charge is 0.228 e. The molecule has 6 rings (SSSR count). The van der Waals surface area contributed by atoms with Gasteiger partial charge in [-0.15, -0.1) is 0 Å². The van der Waals surface area contributed by atoms with E-state index in [4.69, 9.17) is 4.52 Å². The van der Waals surface area contributed by atoms with Crippen LogP contribution in [-0.2, 0) is 4.79 Å². The predicted octanol–water partition coefficient (Wildman–Crippen LogP) is 2.85. The molecule has 1 aliphatic heterocycles. The molecule has 2 heterocycles. The zero-order chi connectivity index (χ0) is 16.3. The number of hydrogen-bond acceptors (Lipinski definition) is 4. The summed E-state index contributed by atoms with van der Waals surface area (Å²) in [6, 6.07) is 1.98. The van der Waals surface area contributed by atoms with E-state index in [9.17, 15) is 4.79 Å². The minimum atomic E-state index is 0.00139. The highest BCUT2D eigenvalue weighted by molar-refractivity contribution is 5.83. The van der Waals surface area contributed by atoms with Gasteiger partial charge >= 0.3 is 0 Å². The Morgan fingerprint density at radius 1 is 1.08 bits per heavy atom. The van der Waals surface area contributed by atoms with Crippen molar-refractivity contribution in [3.8, 4) is 0 Å². The number of hydrogen-bond donors (Lipinski definition) is 0. The molecule has 0 N–H and O–H groups in total. The summed E-state index contributed by atoms with van der Waals surface area (Å²) in [4.78, 5) is 17.8. The third-order valence-electron chi connectivity index (χ3n) is 7.00. The maximum Gasteiger partial charge on any atom is 0.228 e. The Morgan fingerprint density at radius 2 is 1.67 bits per heavy atom. The number of carbonyl (C=O) groups excluding carboxylic acids is 1. The molecule has 1 aromatic heterocycles. The second kappa shape index (κ2) is 5.24. The molecule has 1 aromatic rings. The standard InChI is InChI=1S/C19H27N3O2/c1-13-6-17(20-24-13)21-2-4-22(5-3-21)18(23)19-10-14-7-15(11-19)9-16(8-14)12-19/h6,14-16H,2-5,7-12H2,1H3. The SMILES string of the molecule is Cc1cc(N2CCN(C(=O)C34CC5CC(CC(C5)C3)C4)CC2)no1. The van der Waals surface area contributed by atoms with Crippen molar-refractivity contribution < 1.29 is 9.32 Å². The number of nitrogens with zero attached hydrogens (tertiary/aromatic N) is 3. The average molecular weight is 329 g/mol. The van der Waals surface area contributed by atoms with Gasteiger partial charge in [-0.3, -0.25) is 4.79 Å². The molecule has 5 heteroatoms. The fourth-order valence-corrected chi connectivity index (χ4v) is 6.35. The molecule has 5 fully saturated rings. The fraction of sp³-hybridized carbons (Fsp3) is 0.789. The molecule has 0 unspecified atom stereocenters. The third kappa shape index (κ3) is 2.27. The van der Waals surface area contributed by atoms with Gasteiger partial charge in [0, 0.05) is 32.2 Å². The Bertz CT molecular complexity index is 610. The van der Waals surface area contributed by atoms with E-state index in [1.807, 2.05) is 13.0 Å². The van der Waals surface area contributed by atoms with Crippen LogP contribution < -0.4 is 4.90 Å². The van der Waals surface area contributed by atoms with Crippen LogP contribution in [0.1, 0.15) is 44.3 Å².